The number of aromatic nitrogens is 2. The fourth-order valence-corrected chi connectivity index (χ4v) is 1.94. The van der Waals surface area contributed by atoms with E-state index in [2.05, 4.69) is 9.97 Å². The second kappa shape index (κ2) is 4.78. The highest BCUT2D eigenvalue weighted by molar-refractivity contribution is 6.30. The number of carbonyl (C=O) groups is 1. The third-order valence-corrected chi connectivity index (χ3v) is 3.04. The predicted molar refractivity (Wildman–Crippen MR) is 74.4 cm³/mol. The van der Waals surface area contributed by atoms with Crippen LogP contribution in [0.15, 0.2) is 54.7 Å². The second-order valence-electron chi connectivity index (χ2n) is 4.08. The van der Waals surface area contributed by atoms with Gasteiger partial charge < -0.3 is 0 Å². The summed E-state index contributed by atoms with van der Waals surface area (Å²) in [5.41, 5.74) is 2.37. The number of para-hydroxylation sites is 2. The van der Waals surface area contributed by atoms with E-state index in [4.69, 9.17) is 11.6 Å². The molecule has 92 valence electrons. The summed E-state index contributed by atoms with van der Waals surface area (Å²) in [6.07, 6.45) is 1.50. The molecule has 0 spiro atoms. The van der Waals surface area contributed by atoms with E-state index >= 15 is 0 Å². The lowest BCUT2D eigenvalue weighted by molar-refractivity contribution is 0.103. The largest absolute Gasteiger partial charge is 0.287 e. The molecule has 0 radical (unpaired) electrons. The highest BCUT2D eigenvalue weighted by atomic mass is 35.5. The minimum absolute atomic E-state index is 0.157. The molecule has 0 N–H and O–H groups in total. The molecule has 0 bridgehead atoms. The van der Waals surface area contributed by atoms with Crippen molar-refractivity contribution in [3.05, 3.63) is 71.0 Å². The van der Waals surface area contributed by atoms with E-state index in [0.717, 1.165) is 5.52 Å². The van der Waals surface area contributed by atoms with E-state index in [1.807, 2.05) is 24.3 Å². The first-order valence-electron chi connectivity index (χ1n) is 5.76. The lowest BCUT2D eigenvalue weighted by Gasteiger charge is -2.02. The molecule has 2 aromatic carbocycles. The SMILES string of the molecule is O=C(c1ccc(Cl)cc1)c1cnc2ccccc2n1. The summed E-state index contributed by atoms with van der Waals surface area (Å²) < 4.78 is 0. The molecule has 0 aliphatic rings. The Bertz CT molecular complexity index is 753. The molecule has 0 saturated heterocycles. The van der Waals surface area contributed by atoms with Crippen LogP contribution >= 0.6 is 11.6 Å². The number of benzene rings is 2. The van der Waals surface area contributed by atoms with E-state index in [-0.39, 0.29) is 5.78 Å². The van der Waals surface area contributed by atoms with Crippen LogP contribution in [0.3, 0.4) is 0 Å². The molecule has 1 aromatic heterocycles. The molecule has 3 rings (SSSR count). The van der Waals surface area contributed by atoms with Crippen LogP contribution in [0, 0.1) is 0 Å². The van der Waals surface area contributed by atoms with Crippen LogP contribution in [0.5, 0.6) is 0 Å². The predicted octanol–water partition coefficient (Wildman–Crippen LogP) is 3.51. The molecule has 1 heterocycles. The van der Waals surface area contributed by atoms with Crippen molar-refractivity contribution in [3.8, 4) is 0 Å². The summed E-state index contributed by atoms with van der Waals surface area (Å²) in [6, 6.07) is 14.2. The van der Waals surface area contributed by atoms with Crippen molar-refractivity contribution in [2.45, 2.75) is 0 Å². The third-order valence-electron chi connectivity index (χ3n) is 2.79. The van der Waals surface area contributed by atoms with Crippen molar-refractivity contribution >= 4 is 28.4 Å². The molecule has 19 heavy (non-hydrogen) atoms. The molecular formula is C15H9ClN2O. The van der Waals surface area contributed by atoms with Gasteiger partial charge in [0.05, 0.1) is 17.2 Å². The average Bonchev–Trinajstić information content (AvgIpc) is 2.47. The Morgan fingerprint density at radius 2 is 1.63 bits per heavy atom. The van der Waals surface area contributed by atoms with Crippen LogP contribution in [0.25, 0.3) is 11.0 Å². The summed E-state index contributed by atoms with van der Waals surface area (Å²) in [5, 5.41) is 0.598. The van der Waals surface area contributed by atoms with Gasteiger partial charge in [0.15, 0.2) is 0 Å². The molecule has 0 amide bonds. The maximum Gasteiger partial charge on any atom is 0.212 e. The van der Waals surface area contributed by atoms with Gasteiger partial charge in [0.25, 0.3) is 0 Å². The fourth-order valence-electron chi connectivity index (χ4n) is 1.82. The lowest BCUT2D eigenvalue weighted by atomic mass is 10.1. The van der Waals surface area contributed by atoms with Crippen LogP contribution in [-0.2, 0) is 0 Å². The van der Waals surface area contributed by atoms with Crippen molar-refractivity contribution in [1.82, 2.24) is 9.97 Å². The standard InChI is InChI=1S/C15H9ClN2O/c16-11-7-5-10(6-8-11)15(19)14-9-17-12-3-1-2-4-13(12)18-14/h1-9H. The Hall–Kier alpha value is -2.26. The first-order valence-corrected chi connectivity index (χ1v) is 6.14. The Labute approximate surface area is 114 Å². The number of carbonyl (C=O) groups excluding carboxylic acids is 1. The van der Waals surface area contributed by atoms with Crippen molar-refractivity contribution in [2.24, 2.45) is 0 Å². The van der Waals surface area contributed by atoms with Crippen LogP contribution in [-0.4, -0.2) is 15.8 Å². The number of fused-ring (bicyclic) bond motifs is 1. The van der Waals surface area contributed by atoms with Gasteiger partial charge in [-0.25, -0.2) is 4.98 Å². The lowest BCUT2D eigenvalue weighted by Crippen LogP contribution is -2.04. The van der Waals surface area contributed by atoms with Crippen LogP contribution < -0.4 is 0 Å². The van der Waals surface area contributed by atoms with Crippen LogP contribution in [0.4, 0.5) is 0 Å². The van der Waals surface area contributed by atoms with Crippen molar-refractivity contribution in [2.75, 3.05) is 0 Å². The molecular weight excluding hydrogens is 260 g/mol. The van der Waals surface area contributed by atoms with Gasteiger partial charge in [-0.1, -0.05) is 23.7 Å². The number of halogens is 1. The maximum absolute atomic E-state index is 12.3. The first-order chi connectivity index (χ1) is 9.24. The van der Waals surface area contributed by atoms with Gasteiger partial charge in [-0.2, -0.15) is 0 Å². The van der Waals surface area contributed by atoms with Crippen molar-refractivity contribution in [1.29, 1.82) is 0 Å². The number of rotatable bonds is 2. The third kappa shape index (κ3) is 2.33. The quantitative estimate of drug-likeness (QED) is 0.668. The van der Waals surface area contributed by atoms with E-state index in [1.165, 1.54) is 6.20 Å². The van der Waals surface area contributed by atoms with Crippen molar-refractivity contribution < 1.29 is 4.79 Å². The molecule has 0 fully saturated rings. The maximum atomic E-state index is 12.3. The summed E-state index contributed by atoms with van der Waals surface area (Å²) in [4.78, 5) is 20.8. The van der Waals surface area contributed by atoms with Crippen molar-refractivity contribution in [3.63, 3.8) is 0 Å². The topological polar surface area (TPSA) is 42.9 Å². The van der Waals surface area contributed by atoms with Gasteiger partial charge in [-0.05, 0) is 36.4 Å². The first kappa shape index (κ1) is 11.8. The van der Waals surface area contributed by atoms with Gasteiger partial charge >= 0.3 is 0 Å². The molecule has 0 aliphatic carbocycles. The minimum Gasteiger partial charge on any atom is -0.287 e. The van der Waals surface area contributed by atoms with Gasteiger partial charge in [0, 0.05) is 10.6 Å². The number of hydrogen-bond donors (Lipinski definition) is 0. The molecule has 4 heteroatoms. The van der Waals surface area contributed by atoms with Crippen LogP contribution in [0.1, 0.15) is 16.1 Å². The second-order valence-corrected chi connectivity index (χ2v) is 4.52. The minimum atomic E-state index is -0.157. The Morgan fingerprint density at radius 3 is 2.37 bits per heavy atom. The van der Waals surface area contributed by atoms with E-state index in [0.29, 0.717) is 21.8 Å². The zero-order valence-electron chi connectivity index (χ0n) is 9.88. The van der Waals surface area contributed by atoms with Gasteiger partial charge in [-0.3, -0.25) is 9.78 Å². The van der Waals surface area contributed by atoms with E-state index in [9.17, 15) is 4.79 Å². The zero-order chi connectivity index (χ0) is 13.2. The molecule has 3 nitrogen and oxygen atoms in total. The normalized spacial score (nSPS) is 10.6. The summed E-state index contributed by atoms with van der Waals surface area (Å²) in [6.45, 7) is 0. The number of ketones is 1. The summed E-state index contributed by atoms with van der Waals surface area (Å²) in [5.74, 6) is -0.157. The molecule has 3 aromatic rings. The van der Waals surface area contributed by atoms with Gasteiger partial charge in [0.1, 0.15) is 5.69 Å². The highest BCUT2D eigenvalue weighted by Crippen LogP contribution is 2.14. The summed E-state index contributed by atoms with van der Waals surface area (Å²) >= 11 is 5.80. The fraction of sp³-hybridized carbons (Fsp3) is 0. The Kier molecular flexibility index (Phi) is 2.97. The number of hydrogen-bond acceptors (Lipinski definition) is 3. The van der Waals surface area contributed by atoms with E-state index < -0.39 is 0 Å². The molecule has 0 saturated carbocycles. The van der Waals surface area contributed by atoms with Crippen LogP contribution in [0.2, 0.25) is 5.02 Å². The molecule has 0 atom stereocenters. The van der Waals surface area contributed by atoms with Gasteiger partial charge in [0.2, 0.25) is 5.78 Å². The average molecular weight is 269 g/mol. The smallest absolute Gasteiger partial charge is 0.212 e. The Balaban J connectivity index is 2.04. The van der Waals surface area contributed by atoms with E-state index in [1.54, 1.807) is 24.3 Å². The molecule has 0 aliphatic heterocycles. The molecule has 0 unspecified atom stereocenters. The Morgan fingerprint density at radius 1 is 0.947 bits per heavy atom. The zero-order valence-corrected chi connectivity index (χ0v) is 10.6. The highest BCUT2D eigenvalue weighted by Gasteiger charge is 2.11. The monoisotopic (exact) mass is 268 g/mol. The van der Waals surface area contributed by atoms with Gasteiger partial charge in [-0.15, -0.1) is 0 Å². The number of nitrogens with zero attached hydrogens (tertiary/aromatic N) is 2. The summed E-state index contributed by atoms with van der Waals surface area (Å²) in [7, 11) is 0.